The summed E-state index contributed by atoms with van der Waals surface area (Å²) < 4.78 is 4.96. The van der Waals surface area contributed by atoms with E-state index in [1.807, 2.05) is 17.0 Å². The molecule has 140 valence electrons. The number of likely N-dealkylation sites (tertiary alicyclic amines) is 1. The van der Waals surface area contributed by atoms with Crippen molar-refractivity contribution in [3.05, 3.63) is 64.7 Å². The van der Waals surface area contributed by atoms with Crippen LogP contribution in [0.15, 0.2) is 42.5 Å². The summed E-state index contributed by atoms with van der Waals surface area (Å²) in [5.74, 6) is 0.448. The second kappa shape index (κ2) is 7.06. The summed E-state index contributed by atoms with van der Waals surface area (Å²) in [6, 6.07) is 13.9. The smallest absolute Gasteiger partial charge is 0.414 e. The van der Waals surface area contributed by atoms with E-state index in [1.54, 1.807) is 17.0 Å². The molecular weight excluding hydrogens is 340 g/mol. The molecule has 0 N–H and O–H groups in total. The minimum Gasteiger partial charge on any atom is -0.447 e. The predicted octanol–water partition coefficient (Wildman–Crippen LogP) is 3.89. The van der Waals surface area contributed by atoms with Crippen molar-refractivity contribution in [2.75, 3.05) is 31.1 Å². The molecule has 0 saturated carbocycles. The topological polar surface area (TPSA) is 49.9 Å². The van der Waals surface area contributed by atoms with Gasteiger partial charge in [-0.1, -0.05) is 29.3 Å². The van der Waals surface area contributed by atoms with Crippen LogP contribution in [0.5, 0.6) is 0 Å². The lowest BCUT2D eigenvalue weighted by Gasteiger charge is -2.18. The van der Waals surface area contributed by atoms with Gasteiger partial charge in [-0.05, 0) is 50.1 Å². The molecule has 0 aromatic heterocycles. The fraction of sp³-hybridized carbons (Fsp3) is 0.364. The zero-order valence-electron chi connectivity index (χ0n) is 15.8. The Morgan fingerprint density at radius 1 is 1.04 bits per heavy atom. The van der Waals surface area contributed by atoms with E-state index >= 15 is 0 Å². The third-order valence-corrected chi connectivity index (χ3v) is 5.38. The quantitative estimate of drug-likeness (QED) is 0.830. The average molecular weight is 364 g/mol. The van der Waals surface area contributed by atoms with Crippen molar-refractivity contribution in [1.29, 1.82) is 0 Å². The maximum absolute atomic E-state index is 12.9. The average Bonchev–Trinajstić information content (AvgIpc) is 3.30. The number of hydrogen-bond donors (Lipinski definition) is 0. The third kappa shape index (κ3) is 3.54. The van der Waals surface area contributed by atoms with E-state index in [-0.39, 0.29) is 12.0 Å². The molecule has 0 radical (unpaired) electrons. The molecule has 2 aromatic rings. The highest BCUT2D eigenvalue weighted by atomic mass is 16.6. The van der Waals surface area contributed by atoms with Crippen LogP contribution >= 0.6 is 0 Å². The Morgan fingerprint density at radius 2 is 1.74 bits per heavy atom. The van der Waals surface area contributed by atoms with Gasteiger partial charge in [-0.3, -0.25) is 9.69 Å². The largest absolute Gasteiger partial charge is 0.447 e. The normalized spacial score (nSPS) is 19.5. The number of rotatable bonds is 3. The summed E-state index contributed by atoms with van der Waals surface area (Å²) in [6.07, 6.45) is 0.664. The van der Waals surface area contributed by atoms with Crippen molar-refractivity contribution >= 4 is 17.7 Å². The third-order valence-electron chi connectivity index (χ3n) is 5.38. The van der Waals surface area contributed by atoms with Gasteiger partial charge in [-0.2, -0.15) is 0 Å². The van der Waals surface area contributed by atoms with E-state index in [4.69, 9.17) is 4.74 Å². The van der Waals surface area contributed by atoms with Crippen molar-refractivity contribution in [3.63, 3.8) is 0 Å². The van der Waals surface area contributed by atoms with Crippen molar-refractivity contribution in [2.45, 2.75) is 26.2 Å². The van der Waals surface area contributed by atoms with E-state index < -0.39 is 0 Å². The van der Waals surface area contributed by atoms with Crippen LogP contribution in [-0.4, -0.2) is 43.1 Å². The minimum atomic E-state index is -0.329. The monoisotopic (exact) mass is 364 g/mol. The summed E-state index contributed by atoms with van der Waals surface area (Å²) in [7, 11) is 0. The van der Waals surface area contributed by atoms with Gasteiger partial charge in [0.1, 0.15) is 6.61 Å². The summed E-state index contributed by atoms with van der Waals surface area (Å²) >= 11 is 0. The van der Waals surface area contributed by atoms with Gasteiger partial charge in [0.15, 0.2) is 0 Å². The first kappa shape index (κ1) is 17.6. The van der Waals surface area contributed by atoms with Crippen molar-refractivity contribution in [1.82, 2.24) is 4.90 Å². The van der Waals surface area contributed by atoms with Crippen molar-refractivity contribution < 1.29 is 14.3 Å². The van der Waals surface area contributed by atoms with E-state index in [9.17, 15) is 9.59 Å². The maximum atomic E-state index is 12.9. The SMILES string of the molecule is Cc1cc(C)cc(C2CCN(C(=O)c3ccc(N4CCOC4=O)cc3)C2)c1. The van der Waals surface area contributed by atoms with Gasteiger partial charge < -0.3 is 9.64 Å². The Hall–Kier alpha value is -2.82. The highest BCUT2D eigenvalue weighted by Crippen LogP contribution is 2.30. The van der Waals surface area contributed by atoms with Gasteiger partial charge >= 0.3 is 6.09 Å². The summed E-state index contributed by atoms with van der Waals surface area (Å²) in [6.45, 7) is 6.72. The first-order valence-electron chi connectivity index (χ1n) is 9.43. The zero-order chi connectivity index (χ0) is 19.0. The Kier molecular flexibility index (Phi) is 4.60. The first-order valence-corrected chi connectivity index (χ1v) is 9.43. The van der Waals surface area contributed by atoms with E-state index in [2.05, 4.69) is 32.0 Å². The van der Waals surface area contributed by atoms with Crippen LogP contribution in [0, 0.1) is 13.8 Å². The molecule has 1 atom stereocenters. The van der Waals surface area contributed by atoms with Gasteiger partial charge in [0.2, 0.25) is 0 Å². The molecule has 1 unspecified atom stereocenters. The Balaban J connectivity index is 1.45. The van der Waals surface area contributed by atoms with Gasteiger partial charge in [-0.15, -0.1) is 0 Å². The van der Waals surface area contributed by atoms with Crippen molar-refractivity contribution in [3.8, 4) is 0 Å². The van der Waals surface area contributed by atoms with Crippen LogP contribution in [0.3, 0.4) is 0 Å². The zero-order valence-corrected chi connectivity index (χ0v) is 15.8. The molecule has 5 nitrogen and oxygen atoms in total. The van der Waals surface area contributed by atoms with Gasteiger partial charge in [-0.25, -0.2) is 4.79 Å². The number of hydrogen-bond acceptors (Lipinski definition) is 3. The van der Waals surface area contributed by atoms with Crippen LogP contribution in [0.2, 0.25) is 0 Å². The number of ether oxygens (including phenoxy) is 1. The molecular formula is C22H24N2O3. The number of nitrogens with zero attached hydrogens (tertiary/aromatic N) is 2. The number of anilines is 1. The number of benzene rings is 2. The maximum Gasteiger partial charge on any atom is 0.414 e. The molecule has 0 aliphatic carbocycles. The molecule has 2 heterocycles. The molecule has 2 aromatic carbocycles. The standard InChI is InChI=1S/C22H24N2O3/c1-15-11-16(2)13-19(12-15)18-7-8-23(14-18)21(25)17-3-5-20(6-4-17)24-9-10-27-22(24)26/h3-6,11-13,18H,7-10,14H2,1-2H3. The lowest BCUT2D eigenvalue weighted by Crippen LogP contribution is -2.28. The molecule has 2 fully saturated rings. The van der Waals surface area contributed by atoms with Crippen molar-refractivity contribution in [2.24, 2.45) is 0 Å². The lowest BCUT2D eigenvalue weighted by atomic mass is 9.95. The van der Waals surface area contributed by atoms with Crippen LogP contribution in [0.25, 0.3) is 0 Å². The Bertz CT molecular complexity index is 855. The molecule has 0 spiro atoms. The van der Waals surface area contributed by atoms with Crippen LogP contribution < -0.4 is 4.90 Å². The first-order chi connectivity index (χ1) is 13.0. The molecule has 2 amide bonds. The molecule has 27 heavy (non-hydrogen) atoms. The molecule has 2 aliphatic heterocycles. The van der Waals surface area contributed by atoms with Crippen LogP contribution in [0.1, 0.15) is 39.4 Å². The lowest BCUT2D eigenvalue weighted by molar-refractivity contribution is 0.0791. The van der Waals surface area contributed by atoms with Crippen LogP contribution in [0.4, 0.5) is 10.5 Å². The van der Waals surface area contributed by atoms with E-state index in [1.165, 1.54) is 16.7 Å². The summed E-state index contributed by atoms with van der Waals surface area (Å²) in [5, 5.41) is 0. The fourth-order valence-corrected chi connectivity index (χ4v) is 4.06. The molecule has 2 saturated heterocycles. The number of carbonyl (C=O) groups excluding carboxylic acids is 2. The number of carbonyl (C=O) groups is 2. The Morgan fingerprint density at radius 3 is 2.37 bits per heavy atom. The summed E-state index contributed by atoms with van der Waals surface area (Å²) in [5.41, 5.74) is 5.29. The summed E-state index contributed by atoms with van der Waals surface area (Å²) in [4.78, 5) is 28.0. The van der Waals surface area contributed by atoms with Crippen LogP contribution in [-0.2, 0) is 4.74 Å². The number of amides is 2. The second-order valence-corrected chi connectivity index (χ2v) is 7.47. The van der Waals surface area contributed by atoms with E-state index in [0.29, 0.717) is 24.6 Å². The highest BCUT2D eigenvalue weighted by molar-refractivity contribution is 5.96. The van der Waals surface area contributed by atoms with Gasteiger partial charge in [0, 0.05) is 30.3 Å². The van der Waals surface area contributed by atoms with E-state index in [0.717, 1.165) is 25.2 Å². The highest BCUT2D eigenvalue weighted by Gasteiger charge is 2.29. The molecule has 4 rings (SSSR count). The molecule has 0 bridgehead atoms. The Labute approximate surface area is 159 Å². The predicted molar refractivity (Wildman–Crippen MR) is 104 cm³/mol. The molecule has 5 heteroatoms. The fourth-order valence-electron chi connectivity index (χ4n) is 4.06. The van der Waals surface area contributed by atoms with Gasteiger partial charge in [0.05, 0.1) is 6.54 Å². The van der Waals surface area contributed by atoms with Gasteiger partial charge in [0.25, 0.3) is 5.91 Å². The minimum absolute atomic E-state index is 0.0532. The molecule has 2 aliphatic rings. The number of aryl methyl sites for hydroxylation is 2. The second-order valence-electron chi connectivity index (χ2n) is 7.47. The number of cyclic esters (lactones) is 1.